The number of nitrogens with one attached hydrogen (secondary N) is 1. The van der Waals surface area contributed by atoms with Gasteiger partial charge in [-0.1, -0.05) is 34.5 Å². The van der Waals surface area contributed by atoms with Crippen LogP contribution in [-0.4, -0.2) is 53.9 Å². The first-order chi connectivity index (χ1) is 11.4. The average Bonchev–Trinajstić information content (AvgIpc) is 2.97. The largest absolute Gasteiger partial charge is 0.337 e. The first-order valence-corrected chi connectivity index (χ1v) is 9.19. The number of halogens is 2. The molecule has 1 fully saturated rings. The number of aromatic nitrogens is 3. The predicted octanol–water partition coefficient (Wildman–Crippen LogP) is 0.947. The smallest absolute Gasteiger partial charge is 0.244 e. The predicted molar refractivity (Wildman–Crippen MR) is 87.3 cm³/mol. The van der Waals surface area contributed by atoms with E-state index in [0.29, 0.717) is 13.1 Å². The second kappa shape index (κ2) is 6.67. The van der Waals surface area contributed by atoms with Gasteiger partial charge in [0.05, 0.1) is 28.8 Å². The minimum Gasteiger partial charge on any atom is -0.337 e. The lowest BCUT2D eigenvalue weighted by Gasteiger charge is -2.38. The summed E-state index contributed by atoms with van der Waals surface area (Å²) in [6, 6.07) is 4.44. The van der Waals surface area contributed by atoms with Crippen LogP contribution in [0.1, 0.15) is 6.04 Å². The SMILES string of the molecule is O=C(CNS(=O)(=O)c1c(Cl)cccc1Cl)N1CC(n2ccnn2)C1. The topological polar surface area (TPSA) is 97.2 Å². The molecule has 3 rings (SSSR count). The van der Waals surface area contributed by atoms with Crippen LogP contribution < -0.4 is 4.72 Å². The summed E-state index contributed by atoms with van der Waals surface area (Å²) >= 11 is 11.8. The van der Waals surface area contributed by atoms with Crippen LogP contribution in [0.3, 0.4) is 0 Å². The molecule has 1 aliphatic heterocycles. The lowest BCUT2D eigenvalue weighted by atomic mass is 10.1. The van der Waals surface area contributed by atoms with E-state index in [-0.39, 0.29) is 33.4 Å². The van der Waals surface area contributed by atoms with Crippen LogP contribution in [0, 0.1) is 0 Å². The van der Waals surface area contributed by atoms with Gasteiger partial charge in [-0.05, 0) is 12.1 Å². The second-order valence-corrected chi connectivity index (χ2v) is 7.73. The standard InChI is InChI=1S/C13H13Cl2N5O3S/c14-10-2-1-3-11(15)13(10)24(22,23)17-6-12(21)19-7-9(8-19)20-5-4-16-18-20/h1-5,9,17H,6-8H2. The van der Waals surface area contributed by atoms with Crippen molar-refractivity contribution in [3.05, 3.63) is 40.6 Å². The van der Waals surface area contributed by atoms with Crippen molar-refractivity contribution in [3.8, 4) is 0 Å². The quantitative estimate of drug-likeness (QED) is 0.820. The zero-order valence-corrected chi connectivity index (χ0v) is 14.6. The zero-order valence-electron chi connectivity index (χ0n) is 12.3. The molecule has 8 nitrogen and oxygen atoms in total. The van der Waals surface area contributed by atoms with Crippen LogP contribution in [0.2, 0.25) is 10.0 Å². The highest BCUT2D eigenvalue weighted by Crippen LogP contribution is 2.28. The molecule has 11 heteroatoms. The maximum absolute atomic E-state index is 12.3. The number of nitrogens with zero attached hydrogens (tertiary/aromatic N) is 4. The Morgan fingerprint density at radius 3 is 2.54 bits per heavy atom. The highest BCUT2D eigenvalue weighted by molar-refractivity contribution is 7.89. The fourth-order valence-corrected chi connectivity index (χ4v) is 4.43. The van der Waals surface area contributed by atoms with E-state index in [9.17, 15) is 13.2 Å². The third kappa shape index (κ3) is 3.39. The van der Waals surface area contributed by atoms with Crippen LogP contribution in [-0.2, 0) is 14.8 Å². The maximum atomic E-state index is 12.3. The molecule has 2 aromatic rings. The van der Waals surface area contributed by atoms with Crippen LogP contribution >= 0.6 is 23.2 Å². The van der Waals surface area contributed by atoms with Gasteiger partial charge in [-0.2, -0.15) is 0 Å². The Bertz CT molecular complexity index is 830. The fraction of sp³-hybridized carbons (Fsp3) is 0.308. The Kier molecular flexibility index (Phi) is 4.77. The molecule has 0 radical (unpaired) electrons. The molecule has 1 aromatic heterocycles. The number of hydrogen-bond donors (Lipinski definition) is 1. The van der Waals surface area contributed by atoms with Crippen molar-refractivity contribution in [2.45, 2.75) is 10.9 Å². The molecule has 24 heavy (non-hydrogen) atoms. The van der Waals surface area contributed by atoms with Crippen LogP contribution in [0.4, 0.5) is 0 Å². The highest BCUT2D eigenvalue weighted by atomic mass is 35.5. The molecular weight excluding hydrogens is 377 g/mol. The van der Waals surface area contributed by atoms with E-state index < -0.39 is 10.0 Å². The summed E-state index contributed by atoms with van der Waals surface area (Å²) in [6.45, 7) is 0.543. The molecule has 0 saturated carbocycles. The van der Waals surface area contributed by atoms with Gasteiger partial charge >= 0.3 is 0 Å². The van der Waals surface area contributed by atoms with E-state index in [1.54, 1.807) is 23.1 Å². The van der Waals surface area contributed by atoms with Gasteiger partial charge in [0.2, 0.25) is 15.9 Å². The number of carbonyl (C=O) groups excluding carboxylic acids is 1. The number of rotatable bonds is 5. The molecule has 1 saturated heterocycles. The summed E-state index contributed by atoms with van der Waals surface area (Å²) < 4.78 is 28.5. The van der Waals surface area contributed by atoms with Crippen molar-refractivity contribution in [3.63, 3.8) is 0 Å². The zero-order chi connectivity index (χ0) is 17.3. The Balaban J connectivity index is 1.59. The molecule has 1 amide bonds. The van der Waals surface area contributed by atoms with E-state index in [2.05, 4.69) is 15.0 Å². The molecule has 0 aliphatic carbocycles. The summed E-state index contributed by atoms with van der Waals surface area (Å²) in [7, 11) is -3.98. The molecule has 0 bridgehead atoms. The van der Waals surface area contributed by atoms with Crippen molar-refractivity contribution in [1.29, 1.82) is 0 Å². The minimum atomic E-state index is -3.98. The van der Waals surface area contributed by atoms with E-state index in [1.165, 1.54) is 17.0 Å². The van der Waals surface area contributed by atoms with Crippen molar-refractivity contribution in [2.75, 3.05) is 19.6 Å². The maximum Gasteiger partial charge on any atom is 0.244 e. The van der Waals surface area contributed by atoms with Crippen LogP contribution in [0.5, 0.6) is 0 Å². The molecule has 1 aromatic carbocycles. The number of hydrogen-bond acceptors (Lipinski definition) is 5. The van der Waals surface area contributed by atoms with E-state index >= 15 is 0 Å². The van der Waals surface area contributed by atoms with Crippen LogP contribution in [0.25, 0.3) is 0 Å². The number of sulfonamides is 1. The summed E-state index contributed by atoms with van der Waals surface area (Å²) in [4.78, 5) is 13.4. The monoisotopic (exact) mass is 389 g/mol. The Morgan fingerprint density at radius 1 is 1.29 bits per heavy atom. The van der Waals surface area contributed by atoms with Gasteiger partial charge in [0, 0.05) is 19.3 Å². The average molecular weight is 390 g/mol. The number of carbonyl (C=O) groups is 1. The lowest BCUT2D eigenvalue weighted by Crippen LogP contribution is -2.53. The normalized spacial score (nSPS) is 15.3. The third-order valence-corrected chi connectivity index (χ3v) is 5.99. The van der Waals surface area contributed by atoms with E-state index in [1.807, 2.05) is 0 Å². The Hall–Kier alpha value is -1.68. The van der Waals surface area contributed by atoms with Gasteiger partial charge in [-0.3, -0.25) is 4.79 Å². The van der Waals surface area contributed by atoms with Crippen molar-refractivity contribution in [2.24, 2.45) is 0 Å². The summed E-state index contributed by atoms with van der Waals surface area (Å²) in [5.74, 6) is -0.335. The minimum absolute atomic E-state index is 0.00218. The second-order valence-electron chi connectivity index (χ2n) is 5.21. The van der Waals surface area contributed by atoms with Gasteiger partial charge in [-0.25, -0.2) is 17.8 Å². The van der Waals surface area contributed by atoms with Gasteiger partial charge in [0.15, 0.2) is 0 Å². The van der Waals surface area contributed by atoms with E-state index in [0.717, 1.165) is 0 Å². The van der Waals surface area contributed by atoms with Gasteiger partial charge < -0.3 is 4.90 Å². The number of benzene rings is 1. The summed E-state index contributed by atoms with van der Waals surface area (Å²) in [5.41, 5.74) is 0. The molecule has 128 valence electrons. The van der Waals surface area contributed by atoms with Crippen molar-refractivity contribution in [1.82, 2.24) is 24.6 Å². The molecule has 1 N–H and O–H groups in total. The van der Waals surface area contributed by atoms with Gasteiger partial charge in [0.25, 0.3) is 0 Å². The third-order valence-electron chi connectivity index (χ3n) is 3.63. The van der Waals surface area contributed by atoms with E-state index in [4.69, 9.17) is 23.2 Å². The molecule has 0 unspecified atom stereocenters. The molecular formula is C13H13Cl2N5O3S. The number of likely N-dealkylation sites (tertiary alicyclic amines) is 1. The summed E-state index contributed by atoms with van der Waals surface area (Å²) in [5, 5.41) is 7.57. The number of amides is 1. The van der Waals surface area contributed by atoms with Crippen molar-refractivity contribution < 1.29 is 13.2 Å². The Morgan fingerprint density at radius 2 is 1.96 bits per heavy atom. The first-order valence-electron chi connectivity index (χ1n) is 6.96. The molecule has 0 atom stereocenters. The lowest BCUT2D eigenvalue weighted by molar-refractivity contribution is -0.135. The van der Waals surface area contributed by atoms with Crippen LogP contribution in [0.15, 0.2) is 35.5 Å². The highest BCUT2D eigenvalue weighted by Gasteiger charge is 2.33. The van der Waals surface area contributed by atoms with Gasteiger partial charge in [0.1, 0.15) is 4.90 Å². The first kappa shape index (κ1) is 17.2. The Labute approximate surface area is 148 Å². The molecule has 0 spiro atoms. The molecule has 1 aliphatic rings. The van der Waals surface area contributed by atoms with Crippen molar-refractivity contribution >= 4 is 39.1 Å². The summed E-state index contributed by atoms with van der Waals surface area (Å²) in [6.07, 6.45) is 3.28. The fourth-order valence-electron chi connectivity index (χ4n) is 2.32. The molecule has 2 heterocycles. The van der Waals surface area contributed by atoms with Gasteiger partial charge in [-0.15, -0.1) is 5.10 Å².